The molecule has 1 aliphatic heterocycles. The van der Waals surface area contributed by atoms with Crippen molar-refractivity contribution in [1.82, 2.24) is 14.9 Å². The number of hydrogen-bond donors (Lipinski definition) is 1. The molecule has 1 aromatic heterocycles. The molecule has 0 saturated carbocycles. The average molecular weight is 318 g/mol. The molecular weight excluding hydrogens is 288 g/mol. The summed E-state index contributed by atoms with van der Waals surface area (Å²) in [5, 5.41) is 3.73. The summed E-state index contributed by atoms with van der Waals surface area (Å²) in [4.78, 5) is 18.5. The number of aromatic nitrogens is 2. The molecule has 1 aromatic rings. The summed E-state index contributed by atoms with van der Waals surface area (Å²) in [5.74, 6) is 0.588. The van der Waals surface area contributed by atoms with Crippen molar-refractivity contribution >= 4 is 5.82 Å². The number of aryl methyl sites for hydroxylation is 1. The normalized spacial score (nSPS) is 17.1. The van der Waals surface area contributed by atoms with E-state index >= 15 is 0 Å². The van der Waals surface area contributed by atoms with Crippen LogP contribution in [0, 0.1) is 0 Å². The van der Waals surface area contributed by atoms with E-state index in [0.717, 1.165) is 32.4 Å². The molecule has 0 aliphatic carbocycles. The van der Waals surface area contributed by atoms with E-state index in [4.69, 9.17) is 0 Å². The maximum Gasteiger partial charge on any atom is 0.293 e. The van der Waals surface area contributed by atoms with Gasteiger partial charge in [0.2, 0.25) is 0 Å². The fourth-order valence-electron chi connectivity index (χ4n) is 3.07. The van der Waals surface area contributed by atoms with E-state index in [1.807, 2.05) is 0 Å². The fraction of sp³-hybridized carbons (Fsp3) is 0.667. The fourth-order valence-corrected chi connectivity index (χ4v) is 3.07. The largest absolute Gasteiger partial charge is 0.352 e. The number of allylic oxidation sites excluding steroid dienone is 2. The number of rotatable bonds is 6. The molecule has 1 aliphatic rings. The van der Waals surface area contributed by atoms with Crippen LogP contribution in [-0.2, 0) is 7.05 Å². The molecule has 0 unspecified atom stereocenters. The van der Waals surface area contributed by atoms with Gasteiger partial charge in [-0.1, -0.05) is 11.6 Å². The molecule has 5 nitrogen and oxygen atoms in total. The summed E-state index contributed by atoms with van der Waals surface area (Å²) in [7, 11) is 1.77. The molecule has 2 heterocycles. The predicted octanol–water partition coefficient (Wildman–Crippen LogP) is 2.47. The molecule has 2 rings (SSSR count). The monoisotopic (exact) mass is 318 g/mol. The third kappa shape index (κ3) is 5.20. The first-order chi connectivity index (χ1) is 11.0. The Morgan fingerprint density at radius 2 is 2.13 bits per heavy atom. The molecule has 128 valence electrons. The van der Waals surface area contributed by atoms with Gasteiger partial charge in [0.25, 0.3) is 5.56 Å². The number of nitrogens with zero attached hydrogens (tertiary/aromatic N) is 3. The third-order valence-electron chi connectivity index (χ3n) is 4.47. The highest BCUT2D eigenvalue weighted by Gasteiger charge is 2.22. The lowest BCUT2D eigenvalue weighted by molar-refractivity contribution is 0.366. The first kappa shape index (κ1) is 17.7. The van der Waals surface area contributed by atoms with Crippen molar-refractivity contribution in [3.63, 3.8) is 0 Å². The molecule has 1 saturated heterocycles. The lowest BCUT2D eigenvalue weighted by atomic mass is 10.0. The van der Waals surface area contributed by atoms with Crippen LogP contribution >= 0.6 is 0 Å². The van der Waals surface area contributed by atoms with Gasteiger partial charge in [0.1, 0.15) is 0 Å². The number of nitrogens with one attached hydrogen (secondary N) is 1. The van der Waals surface area contributed by atoms with E-state index in [-0.39, 0.29) is 5.56 Å². The third-order valence-corrected chi connectivity index (χ3v) is 4.47. The molecule has 23 heavy (non-hydrogen) atoms. The van der Waals surface area contributed by atoms with Gasteiger partial charge < -0.3 is 14.8 Å². The minimum Gasteiger partial charge on any atom is -0.352 e. The zero-order chi connectivity index (χ0) is 16.8. The van der Waals surface area contributed by atoms with Crippen LogP contribution < -0.4 is 15.8 Å². The predicted molar refractivity (Wildman–Crippen MR) is 96.0 cm³/mol. The number of piperidine rings is 1. The Morgan fingerprint density at radius 3 is 2.78 bits per heavy atom. The highest BCUT2D eigenvalue weighted by atomic mass is 16.1. The maximum absolute atomic E-state index is 12.1. The van der Waals surface area contributed by atoms with Gasteiger partial charge in [-0.05, 0) is 46.5 Å². The second-order valence-corrected chi connectivity index (χ2v) is 6.85. The lowest BCUT2D eigenvalue weighted by Gasteiger charge is -2.34. The Labute approximate surface area is 139 Å². The molecule has 0 radical (unpaired) electrons. The van der Waals surface area contributed by atoms with Crippen LogP contribution in [0.5, 0.6) is 0 Å². The van der Waals surface area contributed by atoms with Crippen LogP contribution in [0.3, 0.4) is 0 Å². The first-order valence-corrected chi connectivity index (χ1v) is 8.63. The maximum atomic E-state index is 12.1. The van der Waals surface area contributed by atoms with E-state index in [0.29, 0.717) is 17.9 Å². The van der Waals surface area contributed by atoms with E-state index in [1.165, 1.54) is 12.0 Å². The number of anilines is 1. The summed E-state index contributed by atoms with van der Waals surface area (Å²) >= 11 is 0. The van der Waals surface area contributed by atoms with Gasteiger partial charge in [-0.2, -0.15) is 0 Å². The summed E-state index contributed by atoms with van der Waals surface area (Å²) < 4.78 is 1.60. The van der Waals surface area contributed by atoms with E-state index < -0.39 is 0 Å². The minimum absolute atomic E-state index is 0.00556. The Balaban J connectivity index is 1.81. The van der Waals surface area contributed by atoms with Crippen molar-refractivity contribution in [2.24, 2.45) is 7.05 Å². The lowest BCUT2D eigenvalue weighted by Crippen LogP contribution is -2.47. The summed E-state index contributed by atoms with van der Waals surface area (Å²) in [6.07, 6.45) is 10.1. The molecule has 0 aromatic carbocycles. The highest BCUT2D eigenvalue weighted by molar-refractivity contribution is 5.36. The van der Waals surface area contributed by atoms with Crippen molar-refractivity contribution in [2.45, 2.75) is 58.5 Å². The summed E-state index contributed by atoms with van der Waals surface area (Å²) in [6, 6.07) is 1.07. The summed E-state index contributed by atoms with van der Waals surface area (Å²) in [5.41, 5.74) is 1.39. The molecule has 0 spiro atoms. The van der Waals surface area contributed by atoms with Crippen molar-refractivity contribution in [3.8, 4) is 0 Å². The molecule has 0 bridgehead atoms. The van der Waals surface area contributed by atoms with Crippen LogP contribution in [0.25, 0.3) is 0 Å². The average Bonchev–Trinajstić information content (AvgIpc) is 2.50. The first-order valence-electron chi connectivity index (χ1n) is 8.63. The SMILES string of the molecule is CC(C)=CCC[C@H](C)NC1CCN(c2nccn(C)c2=O)CC1. The molecule has 5 heteroatoms. The Morgan fingerprint density at radius 1 is 1.43 bits per heavy atom. The Hall–Kier alpha value is -1.62. The second kappa shape index (κ2) is 8.29. The quantitative estimate of drug-likeness (QED) is 0.819. The zero-order valence-electron chi connectivity index (χ0n) is 14.9. The van der Waals surface area contributed by atoms with Crippen LogP contribution in [0.15, 0.2) is 28.8 Å². The zero-order valence-corrected chi connectivity index (χ0v) is 14.9. The standard InChI is InChI=1S/C18H30N4O/c1-14(2)6-5-7-15(3)20-16-8-11-22(12-9-16)17-18(23)21(4)13-10-19-17/h6,10,13,15-16,20H,5,7-9,11-12H2,1-4H3/t15-/m0/s1. The van der Waals surface area contributed by atoms with E-state index in [1.54, 1.807) is 24.0 Å². The van der Waals surface area contributed by atoms with Crippen LogP contribution in [0.2, 0.25) is 0 Å². The van der Waals surface area contributed by atoms with Gasteiger partial charge in [0.05, 0.1) is 0 Å². The van der Waals surface area contributed by atoms with E-state index in [2.05, 4.69) is 42.0 Å². The van der Waals surface area contributed by atoms with Gasteiger partial charge >= 0.3 is 0 Å². The van der Waals surface area contributed by atoms with Gasteiger partial charge in [0, 0.05) is 44.6 Å². The molecular formula is C18H30N4O. The van der Waals surface area contributed by atoms with E-state index in [9.17, 15) is 4.79 Å². The molecule has 1 N–H and O–H groups in total. The smallest absolute Gasteiger partial charge is 0.293 e. The van der Waals surface area contributed by atoms with Gasteiger partial charge in [-0.3, -0.25) is 4.79 Å². The molecule has 1 atom stereocenters. The van der Waals surface area contributed by atoms with Gasteiger partial charge in [0.15, 0.2) is 5.82 Å². The topological polar surface area (TPSA) is 50.2 Å². The summed E-state index contributed by atoms with van der Waals surface area (Å²) in [6.45, 7) is 8.35. The number of hydrogen-bond acceptors (Lipinski definition) is 4. The van der Waals surface area contributed by atoms with Crippen molar-refractivity contribution < 1.29 is 0 Å². The highest BCUT2D eigenvalue weighted by Crippen LogP contribution is 2.15. The Kier molecular flexibility index (Phi) is 6.39. The van der Waals surface area contributed by atoms with Crippen molar-refractivity contribution in [2.75, 3.05) is 18.0 Å². The Bertz CT molecular complexity index is 581. The van der Waals surface area contributed by atoms with Crippen LogP contribution in [0.4, 0.5) is 5.82 Å². The van der Waals surface area contributed by atoms with Crippen LogP contribution in [0.1, 0.15) is 46.5 Å². The van der Waals surface area contributed by atoms with Crippen LogP contribution in [-0.4, -0.2) is 34.7 Å². The van der Waals surface area contributed by atoms with Crippen molar-refractivity contribution in [1.29, 1.82) is 0 Å². The minimum atomic E-state index is -0.00556. The van der Waals surface area contributed by atoms with Gasteiger partial charge in [-0.25, -0.2) is 4.98 Å². The molecule has 1 fully saturated rings. The molecule has 0 amide bonds. The van der Waals surface area contributed by atoms with Crippen molar-refractivity contribution in [3.05, 3.63) is 34.4 Å². The van der Waals surface area contributed by atoms with Gasteiger partial charge in [-0.15, -0.1) is 0 Å². The second-order valence-electron chi connectivity index (χ2n) is 6.85.